The summed E-state index contributed by atoms with van der Waals surface area (Å²) in [6, 6.07) is 0. The highest BCUT2D eigenvalue weighted by atomic mass is 32.1. The fraction of sp³-hybridized carbons (Fsp3) is 0.714. The Kier molecular flexibility index (Phi) is 1.56. The van der Waals surface area contributed by atoms with Crippen molar-refractivity contribution in [1.82, 2.24) is 9.36 Å². The molecule has 0 saturated heterocycles. The van der Waals surface area contributed by atoms with Gasteiger partial charge in [-0.15, -0.1) is 0 Å². The number of nitrogens with zero attached hydrogens (tertiary/aromatic N) is 2. The van der Waals surface area contributed by atoms with Crippen molar-refractivity contribution in [3.8, 4) is 0 Å². The summed E-state index contributed by atoms with van der Waals surface area (Å²) >= 11 is 1.45. The van der Waals surface area contributed by atoms with E-state index in [1.54, 1.807) is 0 Å². The summed E-state index contributed by atoms with van der Waals surface area (Å²) in [5, 5.41) is 1.13. The first kappa shape index (κ1) is 7.03. The second-order valence-corrected chi connectivity index (χ2v) is 4.05. The van der Waals surface area contributed by atoms with Gasteiger partial charge in [0, 0.05) is 5.92 Å². The Hall–Kier alpha value is -0.640. The van der Waals surface area contributed by atoms with Crippen LogP contribution in [0.15, 0.2) is 0 Å². The van der Waals surface area contributed by atoms with Gasteiger partial charge in [-0.3, -0.25) is 0 Å². The molecule has 0 amide bonds. The fourth-order valence-corrected chi connectivity index (χ4v) is 2.22. The Bertz CT molecular complexity index is 252. The van der Waals surface area contributed by atoms with E-state index in [1.165, 1.54) is 24.4 Å². The SMILES string of the molecule is CC1CC(c2nc(N)ns2)C1. The standard InChI is InChI=1S/C7H11N3S/c1-4-2-5(3-4)6-9-7(8)10-11-6/h4-5H,2-3H2,1H3,(H2,8,10). The van der Waals surface area contributed by atoms with Crippen molar-refractivity contribution in [2.75, 3.05) is 5.73 Å². The van der Waals surface area contributed by atoms with Gasteiger partial charge in [0.1, 0.15) is 5.01 Å². The Morgan fingerprint density at radius 2 is 2.27 bits per heavy atom. The lowest BCUT2D eigenvalue weighted by Gasteiger charge is -2.30. The van der Waals surface area contributed by atoms with Crippen molar-refractivity contribution in [2.45, 2.75) is 25.7 Å². The van der Waals surface area contributed by atoms with Gasteiger partial charge in [-0.05, 0) is 30.3 Å². The maximum Gasteiger partial charge on any atom is 0.232 e. The van der Waals surface area contributed by atoms with Gasteiger partial charge in [-0.25, -0.2) is 4.98 Å². The van der Waals surface area contributed by atoms with Crippen molar-refractivity contribution in [3.05, 3.63) is 5.01 Å². The number of hydrogen-bond acceptors (Lipinski definition) is 4. The lowest BCUT2D eigenvalue weighted by molar-refractivity contribution is 0.288. The van der Waals surface area contributed by atoms with Crippen LogP contribution in [0.25, 0.3) is 0 Å². The molecule has 1 saturated carbocycles. The van der Waals surface area contributed by atoms with E-state index in [0.717, 1.165) is 10.9 Å². The number of anilines is 1. The molecule has 1 aromatic rings. The van der Waals surface area contributed by atoms with Crippen LogP contribution in [0, 0.1) is 5.92 Å². The monoisotopic (exact) mass is 169 g/mol. The predicted molar refractivity (Wildman–Crippen MR) is 45.5 cm³/mol. The lowest BCUT2D eigenvalue weighted by atomic mass is 9.77. The number of rotatable bonds is 1. The molecule has 1 aromatic heterocycles. The largest absolute Gasteiger partial charge is 0.367 e. The number of nitrogens with two attached hydrogens (primary N) is 1. The molecule has 0 spiro atoms. The molecule has 4 heteroatoms. The third-order valence-corrected chi connectivity index (χ3v) is 3.07. The average molecular weight is 169 g/mol. The fourth-order valence-electron chi connectivity index (χ4n) is 1.52. The summed E-state index contributed by atoms with van der Waals surface area (Å²) in [6.07, 6.45) is 2.52. The van der Waals surface area contributed by atoms with E-state index in [1.807, 2.05) is 0 Å². The summed E-state index contributed by atoms with van der Waals surface area (Å²) in [4.78, 5) is 4.15. The zero-order valence-electron chi connectivity index (χ0n) is 6.45. The van der Waals surface area contributed by atoms with Crippen LogP contribution in [-0.2, 0) is 0 Å². The van der Waals surface area contributed by atoms with E-state index in [9.17, 15) is 0 Å². The first-order valence-electron chi connectivity index (χ1n) is 3.85. The van der Waals surface area contributed by atoms with E-state index in [2.05, 4.69) is 16.3 Å². The molecular formula is C7H11N3S. The second kappa shape index (κ2) is 2.44. The third kappa shape index (κ3) is 1.22. The highest BCUT2D eigenvalue weighted by Crippen LogP contribution is 2.41. The molecule has 0 atom stereocenters. The summed E-state index contributed by atoms with van der Waals surface area (Å²) in [5.74, 6) is 1.95. The van der Waals surface area contributed by atoms with Crippen molar-refractivity contribution < 1.29 is 0 Å². The summed E-state index contributed by atoms with van der Waals surface area (Å²) in [5.41, 5.74) is 5.42. The maximum atomic E-state index is 5.42. The molecule has 0 bridgehead atoms. The van der Waals surface area contributed by atoms with Crippen LogP contribution in [-0.4, -0.2) is 9.36 Å². The molecule has 60 valence electrons. The first-order chi connectivity index (χ1) is 5.25. The first-order valence-corrected chi connectivity index (χ1v) is 4.62. The third-order valence-electron chi connectivity index (χ3n) is 2.18. The van der Waals surface area contributed by atoms with Crippen molar-refractivity contribution in [2.24, 2.45) is 5.92 Å². The highest BCUT2D eigenvalue weighted by Gasteiger charge is 2.29. The summed E-state index contributed by atoms with van der Waals surface area (Å²) in [7, 11) is 0. The van der Waals surface area contributed by atoms with Crippen LogP contribution in [0.1, 0.15) is 30.7 Å². The zero-order valence-corrected chi connectivity index (χ0v) is 7.27. The molecule has 11 heavy (non-hydrogen) atoms. The summed E-state index contributed by atoms with van der Waals surface area (Å²) < 4.78 is 3.95. The average Bonchev–Trinajstić information content (AvgIpc) is 2.29. The molecule has 1 heterocycles. The molecule has 0 aromatic carbocycles. The molecule has 0 aliphatic heterocycles. The van der Waals surface area contributed by atoms with Gasteiger partial charge in [0.2, 0.25) is 5.95 Å². The van der Waals surface area contributed by atoms with Crippen LogP contribution in [0.4, 0.5) is 5.95 Å². The van der Waals surface area contributed by atoms with Gasteiger partial charge < -0.3 is 5.73 Å². The van der Waals surface area contributed by atoms with Gasteiger partial charge in [0.15, 0.2) is 0 Å². The Morgan fingerprint density at radius 3 is 2.73 bits per heavy atom. The molecule has 0 radical (unpaired) electrons. The van der Waals surface area contributed by atoms with Crippen LogP contribution in [0.5, 0.6) is 0 Å². The van der Waals surface area contributed by atoms with E-state index in [4.69, 9.17) is 5.73 Å². The summed E-state index contributed by atoms with van der Waals surface area (Å²) in [6.45, 7) is 2.26. The van der Waals surface area contributed by atoms with Crippen molar-refractivity contribution >= 4 is 17.5 Å². The zero-order chi connectivity index (χ0) is 7.84. The molecule has 2 N–H and O–H groups in total. The normalized spacial score (nSPS) is 29.9. The Balaban J connectivity index is 2.07. The molecule has 1 fully saturated rings. The molecule has 3 nitrogen and oxygen atoms in total. The van der Waals surface area contributed by atoms with Crippen molar-refractivity contribution in [1.29, 1.82) is 0 Å². The number of nitrogen functional groups attached to an aromatic ring is 1. The minimum atomic E-state index is 0.435. The topological polar surface area (TPSA) is 51.8 Å². The van der Waals surface area contributed by atoms with E-state index < -0.39 is 0 Å². The van der Waals surface area contributed by atoms with E-state index in [-0.39, 0.29) is 0 Å². The quantitative estimate of drug-likeness (QED) is 0.695. The van der Waals surface area contributed by atoms with Crippen LogP contribution in [0.3, 0.4) is 0 Å². The van der Waals surface area contributed by atoms with Gasteiger partial charge in [0.05, 0.1) is 0 Å². The van der Waals surface area contributed by atoms with Gasteiger partial charge >= 0.3 is 0 Å². The number of hydrogen-bond donors (Lipinski definition) is 1. The smallest absolute Gasteiger partial charge is 0.232 e. The molecule has 0 unspecified atom stereocenters. The molecular weight excluding hydrogens is 158 g/mol. The Morgan fingerprint density at radius 1 is 1.55 bits per heavy atom. The maximum absolute atomic E-state index is 5.42. The van der Waals surface area contributed by atoms with Gasteiger partial charge in [0.25, 0.3) is 0 Å². The lowest BCUT2D eigenvalue weighted by Crippen LogP contribution is -2.18. The highest BCUT2D eigenvalue weighted by molar-refractivity contribution is 7.05. The van der Waals surface area contributed by atoms with Gasteiger partial charge in [-0.1, -0.05) is 6.92 Å². The van der Waals surface area contributed by atoms with Crippen LogP contribution in [0.2, 0.25) is 0 Å². The molecule has 1 aliphatic carbocycles. The second-order valence-electron chi connectivity index (χ2n) is 3.26. The Labute approximate surface area is 69.8 Å². The van der Waals surface area contributed by atoms with Gasteiger partial charge in [-0.2, -0.15) is 4.37 Å². The number of aromatic nitrogens is 2. The van der Waals surface area contributed by atoms with Crippen LogP contribution < -0.4 is 5.73 Å². The minimum absolute atomic E-state index is 0.435. The minimum Gasteiger partial charge on any atom is -0.367 e. The van der Waals surface area contributed by atoms with E-state index >= 15 is 0 Å². The van der Waals surface area contributed by atoms with Crippen molar-refractivity contribution in [3.63, 3.8) is 0 Å². The molecule has 1 aliphatic rings. The predicted octanol–water partition coefficient (Wildman–Crippen LogP) is 1.63. The van der Waals surface area contributed by atoms with Crippen LogP contribution >= 0.6 is 11.5 Å². The molecule has 2 rings (SSSR count). The van der Waals surface area contributed by atoms with E-state index in [0.29, 0.717) is 11.9 Å².